The van der Waals surface area contributed by atoms with Gasteiger partial charge in [0.15, 0.2) is 0 Å². The van der Waals surface area contributed by atoms with Gasteiger partial charge in [0, 0.05) is 11.6 Å². The molecule has 0 amide bonds. The van der Waals surface area contributed by atoms with Gasteiger partial charge in [-0.2, -0.15) is 0 Å². The van der Waals surface area contributed by atoms with Crippen LogP contribution in [0.1, 0.15) is 13.8 Å². The molecule has 0 radical (unpaired) electrons. The molecule has 84 valence electrons. The summed E-state index contributed by atoms with van der Waals surface area (Å²) in [5.41, 5.74) is 0.829. The van der Waals surface area contributed by atoms with Gasteiger partial charge in [0.05, 0.1) is 11.6 Å². The number of pyridine rings is 1. The van der Waals surface area contributed by atoms with Crippen LogP contribution >= 0.6 is 11.6 Å². The Hall–Kier alpha value is -1.28. The third-order valence-corrected chi connectivity index (χ3v) is 2.58. The van der Waals surface area contributed by atoms with E-state index in [9.17, 15) is 0 Å². The van der Waals surface area contributed by atoms with E-state index in [1.54, 1.807) is 6.20 Å². The van der Waals surface area contributed by atoms with Crippen molar-refractivity contribution >= 4 is 22.5 Å². The van der Waals surface area contributed by atoms with E-state index in [4.69, 9.17) is 16.3 Å². The van der Waals surface area contributed by atoms with Crippen molar-refractivity contribution in [3.8, 4) is 5.75 Å². The van der Waals surface area contributed by atoms with Gasteiger partial charge in [-0.15, -0.1) is 0 Å². The molecule has 0 aliphatic heterocycles. The van der Waals surface area contributed by atoms with Crippen molar-refractivity contribution in [1.29, 1.82) is 0 Å². The molecule has 1 aromatic heterocycles. The molecule has 0 aliphatic rings. The van der Waals surface area contributed by atoms with Crippen molar-refractivity contribution in [2.75, 3.05) is 6.61 Å². The summed E-state index contributed by atoms with van der Waals surface area (Å²) in [6.45, 7) is 4.92. The number of benzene rings is 1. The van der Waals surface area contributed by atoms with Crippen molar-refractivity contribution < 1.29 is 4.74 Å². The van der Waals surface area contributed by atoms with Crippen LogP contribution in [0.15, 0.2) is 30.5 Å². The number of fused-ring (bicyclic) bond motifs is 1. The summed E-state index contributed by atoms with van der Waals surface area (Å²) in [4.78, 5) is 4.31. The molecule has 0 bridgehead atoms. The van der Waals surface area contributed by atoms with E-state index in [1.165, 1.54) is 0 Å². The molecule has 3 heteroatoms. The predicted octanol–water partition coefficient (Wildman–Crippen LogP) is 3.92. The molecular formula is C13H14ClNO. The van der Waals surface area contributed by atoms with Crippen molar-refractivity contribution in [1.82, 2.24) is 4.98 Å². The van der Waals surface area contributed by atoms with Crippen molar-refractivity contribution in [2.24, 2.45) is 5.92 Å². The second kappa shape index (κ2) is 4.71. The Balaban J connectivity index is 2.42. The zero-order valence-corrected chi connectivity index (χ0v) is 10.2. The van der Waals surface area contributed by atoms with Crippen molar-refractivity contribution in [3.63, 3.8) is 0 Å². The first-order valence-electron chi connectivity index (χ1n) is 5.34. The number of halogens is 1. The average Bonchev–Trinajstić information content (AvgIpc) is 2.28. The van der Waals surface area contributed by atoms with Crippen LogP contribution < -0.4 is 4.74 Å². The minimum atomic E-state index is 0.495. The maximum atomic E-state index is 6.10. The van der Waals surface area contributed by atoms with Crippen LogP contribution in [0.2, 0.25) is 5.02 Å². The van der Waals surface area contributed by atoms with E-state index in [1.807, 2.05) is 24.3 Å². The molecule has 0 N–H and O–H groups in total. The molecule has 2 nitrogen and oxygen atoms in total. The van der Waals surface area contributed by atoms with E-state index in [0.29, 0.717) is 17.5 Å². The number of hydrogen-bond acceptors (Lipinski definition) is 2. The number of rotatable bonds is 3. The lowest BCUT2D eigenvalue weighted by Crippen LogP contribution is -2.05. The lowest BCUT2D eigenvalue weighted by atomic mass is 10.2. The zero-order chi connectivity index (χ0) is 11.5. The van der Waals surface area contributed by atoms with Crippen LogP contribution in [0.5, 0.6) is 5.75 Å². The highest BCUT2D eigenvalue weighted by atomic mass is 35.5. The van der Waals surface area contributed by atoms with E-state index < -0.39 is 0 Å². The molecule has 0 saturated heterocycles. The molecule has 1 heterocycles. The number of hydrogen-bond donors (Lipinski definition) is 0. The molecular weight excluding hydrogens is 222 g/mol. The summed E-state index contributed by atoms with van der Waals surface area (Å²) in [5.74, 6) is 1.29. The summed E-state index contributed by atoms with van der Waals surface area (Å²) in [5, 5.41) is 1.64. The van der Waals surface area contributed by atoms with Gasteiger partial charge in [0.2, 0.25) is 0 Å². The van der Waals surface area contributed by atoms with Crippen molar-refractivity contribution in [2.45, 2.75) is 13.8 Å². The zero-order valence-electron chi connectivity index (χ0n) is 9.40. The maximum Gasteiger partial charge on any atom is 0.145 e. The Bertz CT molecular complexity index is 496. The van der Waals surface area contributed by atoms with Gasteiger partial charge in [-0.25, -0.2) is 0 Å². The van der Waals surface area contributed by atoms with Gasteiger partial charge in [-0.05, 0) is 30.2 Å². The fourth-order valence-electron chi connectivity index (χ4n) is 1.48. The smallest absolute Gasteiger partial charge is 0.145 e. The topological polar surface area (TPSA) is 22.1 Å². The summed E-state index contributed by atoms with van der Waals surface area (Å²) >= 11 is 6.10. The van der Waals surface area contributed by atoms with E-state index in [-0.39, 0.29) is 0 Å². The number of aromatic nitrogens is 1. The summed E-state index contributed by atoms with van der Waals surface area (Å²) in [6, 6.07) is 7.55. The maximum absolute atomic E-state index is 6.10. The first-order valence-corrected chi connectivity index (χ1v) is 5.72. The highest BCUT2D eigenvalue weighted by molar-refractivity contribution is 6.35. The van der Waals surface area contributed by atoms with Crippen LogP contribution in [0, 0.1) is 5.92 Å². The van der Waals surface area contributed by atoms with Gasteiger partial charge in [-0.1, -0.05) is 25.4 Å². The second-order valence-corrected chi connectivity index (χ2v) is 4.56. The summed E-state index contributed by atoms with van der Waals surface area (Å²) < 4.78 is 5.71. The minimum Gasteiger partial charge on any atom is -0.491 e. The van der Waals surface area contributed by atoms with Gasteiger partial charge >= 0.3 is 0 Å². The van der Waals surface area contributed by atoms with Crippen LogP contribution in [-0.4, -0.2) is 11.6 Å². The molecule has 0 unspecified atom stereocenters. The van der Waals surface area contributed by atoms with Crippen molar-refractivity contribution in [3.05, 3.63) is 35.5 Å². The summed E-state index contributed by atoms with van der Waals surface area (Å²) in [7, 11) is 0. The van der Waals surface area contributed by atoms with Crippen LogP contribution in [0.4, 0.5) is 0 Å². The van der Waals surface area contributed by atoms with E-state index in [0.717, 1.165) is 16.7 Å². The largest absolute Gasteiger partial charge is 0.491 e. The Morgan fingerprint density at radius 1 is 1.31 bits per heavy atom. The normalized spacial score (nSPS) is 11.0. The highest BCUT2D eigenvalue weighted by Crippen LogP contribution is 2.29. The van der Waals surface area contributed by atoms with E-state index >= 15 is 0 Å². The second-order valence-electron chi connectivity index (χ2n) is 4.15. The molecule has 16 heavy (non-hydrogen) atoms. The van der Waals surface area contributed by atoms with Crippen LogP contribution in [-0.2, 0) is 0 Å². The fourth-order valence-corrected chi connectivity index (χ4v) is 1.70. The lowest BCUT2D eigenvalue weighted by Gasteiger charge is -2.11. The number of ether oxygens (including phenoxy) is 1. The molecule has 0 fully saturated rings. The Kier molecular flexibility index (Phi) is 3.30. The number of nitrogens with zero attached hydrogens (tertiary/aromatic N) is 1. The highest BCUT2D eigenvalue weighted by Gasteiger charge is 2.06. The Morgan fingerprint density at radius 2 is 2.12 bits per heavy atom. The third kappa shape index (κ3) is 2.27. The lowest BCUT2D eigenvalue weighted by molar-refractivity contribution is 0.273. The average molecular weight is 236 g/mol. The Morgan fingerprint density at radius 3 is 2.88 bits per heavy atom. The SMILES string of the molecule is CC(C)COc1ccc(Cl)c2cccnc12. The minimum absolute atomic E-state index is 0.495. The quantitative estimate of drug-likeness (QED) is 0.805. The molecule has 2 aromatic rings. The van der Waals surface area contributed by atoms with Gasteiger partial charge in [0.1, 0.15) is 11.3 Å². The third-order valence-electron chi connectivity index (χ3n) is 2.25. The predicted molar refractivity (Wildman–Crippen MR) is 67.1 cm³/mol. The molecule has 0 saturated carbocycles. The van der Waals surface area contributed by atoms with Crippen LogP contribution in [0.3, 0.4) is 0 Å². The van der Waals surface area contributed by atoms with Gasteiger partial charge < -0.3 is 4.74 Å². The standard InChI is InChI=1S/C13H14ClNO/c1-9(2)8-16-12-6-5-11(14)10-4-3-7-15-13(10)12/h3-7,9H,8H2,1-2H3. The van der Waals surface area contributed by atoms with Gasteiger partial charge in [-0.3, -0.25) is 4.98 Å². The Labute approximate surface area is 100 Å². The molecule has 0 atom stereocenters. The fraction of sp³-hybridized carbons (Fsp3) is 0.308. The molecule has 0 spiro atoms. The van der Waals surface area contributed by atoms with Crippen LogP contribution in [0.25, 0.3) is 10.9 Å². The first kappa shape index (κ1) is 11.2. The monoisotopic (exact) mass is 235 g/mol. The van der Waals surface area contributed by atoms with Gasteiger partial charge in [0.25, 0.3) is 0 Å². The summed E-state index contributed by atoms with van der Waals surface area (Å²) in [6.07, 6.45) is 1.75. The molecule has 2 rings (SSSR count). The molecule has 0 aliphatic carbocycles. The first-order chi connectivity index (χ1) is 7.68. The molecule has 1 aromatic carbocycles. The van der Waals surface area contributed by atoms with E-state index in [2.05, 4.69) is 18.8 Å².